The molecule has 3 saturated heterocycles. The van der Waals surface area contributed by atoms with Crippen LogP contribution in [0.2, 0.25) is 0 Å². The minimum absolute atomic E-state index is 0.220. The van der Waals surface area contributed by atoms with Crippen LogP contribution in [0.5, 0.6) is 0 Å². The first-order valence-corrected chi connectivity index (χ1v) is 36.5. The van der Waals surface area contributed by atoms with Crippen molar-refractivity contribution in [1.82, 2.24) is 5.32 Å². The average molecular weight is 1330 g/mol. The van der Waals surface area contributed by atoms with Gasteiger partial charge in [-0.2, -0.15) is 0 Å². The lowest BCUT2D eigenvalue weighted by Crippen LogP contribution is -2.66. The molecule has 1 amide bonds. The minimum atomic E-state index is -1.99. The van der Waals surface area contributed by atoms with E-state index in [1.807, 2.05) is 6.08 Å². The molecule has 17 atom stereocenters. The van der Waals surface area contributed by atoms with E-state index in [1.165, 1.54) is 103 Å². The second-order valence-electron chi connectivity index (χ2n) is 25.7. The maximum Gasteiger partial charge on any atom is 0.220 e. The first-order valence-electron chi connectivity index (χ1n) is 36.5. The highest BCUT2D eigenvalue weighted by Crippen LogP contribution is 2.33. The van der Waals surface area contributed by atoms with Gasteiger partial charge in [0.25, 0.3) is 0 Å². The first kappa shape index (κ1) is 84.9. The summed E-state index contributed by atoms with van der Waals surface area (Å²) in [6, 6.07) is -1.00. The van der Waals surface area contributed by atoms with Gasteiger partial charge < -0.3 is 89.9 Å². The van der Waals surface area contributed by atoms with Crippen LogP contribution in [0.1, 0.15) is 239 Å². The number of amides is 1. The Kier molecular flexibility index (Phi) is 50.2. The summed E-state index contributed by atoms with van der Waals surface area (Å²) < 4.78 is 34.4. The number of nitrogens with one attached hydrogen (secondary N) is 1. The number of rotatable bonds is 55. The summed E-state index contributed by atoms with van der Waals surface area (Å²) in [5, 5.41) is 121. The van der Waals surface area contributed by atoms with Crippen LogP contribution in [0.15, 0.2) is 97.2 Å². The first-order chi connectivity index (χ1) is 45.8. The molecule has 0 aromatic heterocycles. The summed E-state index contributed by atoms with van der Waals surface area (Å²) in [6.45, 7) is 1.60. The van der Waals surface area contributed by atoms with Crippen LogP contribution < -0.4 is 5.32 Å². The molecule has 19 nitrogen and oxygen atoms in total. The lowest BCUT2D eigenvalue weighted by atomic mass is 9.96. The number of ether oxygens (including phenoxy) is 6. The summed E-state index contributed by atoms with van der Waals surface area (Å²) in [7, 11) is 0. The van der Waals surface area contributed by atoms with Gasteiger partial charge in [-0.05, 0) is 83.5 Å². The third kappa shape index (κ3) is 36.5. The van der Waals surface area contributed by atoms with E-state index in [-0.39, 0.29) is 18.9 Å². The molecular weight excluding hydrogens is 1200 g/mol. The maximum atomic E-state index is 13.4. The Morgan fingerprint density at radius 2 is 0.745 bits per heavy atom. The van der Waals surface area contributed by atoms with Crippen LogP contribution in [0, 0.1) is 0 Å². The van der Waals surface area contributed by atoms with E-state index < -0.39 is 124 Å². The molecule has 0 bridgehead atoms. The minimum Gasteiger partial charge on any atom is -0.394 e. The Hall–Kier alpha value is -3.29. The Bertz CT molecular complexity index is 2080. The molecule has 94 heavy (non-hydrogen) atoms. The van der Waals surface area contributed by atoms with E-state index in [4.69, 9.17) is 28.4 Å². The Balaban J connectivity index is 1.44. The molecule has 3 aliphatic heterocycles. The van der Waals surface area contributed by atoms with Gasteiger partial charge in [-0.15, -0.1) is 0 Å². The Morgan fingerprint density at radius 1 is 0.394 bits per heavy atom. The fraction of sp³-hybridized carbons (Fsp3) is 0.773. The van der Waals surface area contributed by atoms with Crippen LogP contribution >= 0.6 is 0 Å². The number of hydrogen-bond donors (Lipinski definition) is 12. The van der Waals surface area contributed by atoms with Crippen molar-refractivity contribution in [2.75, 3.05) is 26.4 Å². The molecule has 3 fully saturated rings. The molecule has 0 aliphatic carbocycles. The zero-order valence-corrected chi connectivity index (χ0v) is 57.4. The van der Waals surface area contributed by atoms with Gasteiger partial charge in [0.15, 0.2) is 18.9 Å². The number of aliphatic hydroxyl groups is 11. The predicted octanol–water partition coefficient (Wildman–Crippen LogP) is 10.4. The molecule has 3 heterocycles. The number of allylic oxidation sites excluding steroid dienone is 15. The summed E-state index contributed by atoms with van der Waals surface area (Å²) in [5.74, 6) is -0.297. The van der Waals surface area contributed by atoms with Crippen LogP contribution in [0.25, 0.3) is 0 Å². The van der Waals surface area contributed by atoms with E-state index in [0.717, 1.165) is 103 Å². The van der Waals surface area contributed by atoms with Crippen molar-refractivity contribution in [2.24, 2.45) is 0 Å². The Morgan fingerprint density at radius 3 is 1.19 bits per heavy atom. The zero-order chi connectivity index (χ0) is 68.2. The molecule has 12 N–H and O–H groups in total. The molecule has 19 heteroatoms. The highest BCUT2D eigenvalue weighted by molar-refractivity contribution is 5.76. The van der Waals surface area contributed by atoms with Gasteiger partial charge in [0.05, 0.1) is 38.6 Å². The van der Waals surface area contributed by atoms with Crippen molar-refractivity contribution < 1.29 is 89.4 Å². The van der Waals surface area contributed by atoms with E-state index >= 15 is 0 Å². The van der Waals surface area contributed by atoms with E-state index in [0.29, 0.717) is 12.8 Å². The molecule has 0 spiro atoms. The number of unbranched alkanes of at least 4 members (excludes halogenated alkanes) is 25. The molecular formula is C75H129NO18. The summed E-state index contributed by atoms with van der Waals surface area (Å²) in [6.07, 6.45) is 46.6. The van der Waals surface area contributed by atoms with Gasteiger partial charge in [0, 0.05) is 6.42 Å². The number of carbonyl (C=O) groups excluding carboxylic acids is 1. The second-order valence-corrected chi connectivity index (χ2v) is 25.7. The van der Waals surface area contributed by atoms with Gasteiger partial charge in [-0.25, -0.2) is 0 Å². The molecule has 3 rings (SSSR count). The quantitative estimate of drug-likeness (QED) is 0.0199. The molecule has 3 aliphatic rings. The third-order valence-electron chi connectivity index (χ3n) is 17.6. The van der Waals surface area contributed by atoms with E-state index in [9.17, 15) is 61.0 Å². The molecule has 0 radical (unpaired) electrons. The highest BCUT2D eigenvalue weighted by Gasteiger charge is 2.53. The fourth-order valence-corrected chi connectivity index (χ4v) is 11.7. The standard InChI is InChI=1S/C75H129NO18/c1-3-5-7-9-11-13-15-17-19-21-23-25-27-28-29-30-31-33-35-37-39-41-43-45-47-49-51-53-63(81)76-58(59(80)52-50-48-46-44-42-40-38-36-34-32-26-24-22-20-18-16-14-12-10-8-6-4-2)57-89-73-69(87)66(84)71(61(55-78)91-73)94-75-70(88)67(85)72(62(56-79)92-75)93-74-68(86)65(83)64(82)60(54-77)90-74/h5,7,11,13,17,19,23,25,28-29,31,33,42,44,50,52,58-62,64-75,77-80,82-88H,3-4,6,8-10,12,14-16,18,20-22,24,26-27,30,32,34-41,43,45-49,51,53-57H2,1-2H3,(H,76,81)/b7-5-,13-11-,19-17-,25-23-,29-28-,33-31-,44-42+,52-50+. The topological polar surface area (TPSA) is 307 Å². The number of hydrogen-bond acceptors (Lipinski definition) is 18. The molecule has 0 aromatic carbocycles. The van der Waals surface area contributed by atoms with E-state index in [2.05, 4.69) is 104 Å². The van der Waals surface area contributed by atoms with Gasteiger partial charge in [0.2, 0.25) is 5.91 Å². The predicted molar refractivity (Wildman–Crippen MR) is 369 cm³/mol. The zero-order valence-electron chi connectivity index (χ0n) is 57.4. The monoisotopic (exact) mass is 1330 g/mol. The van der Waals surface area contributed by atoms with Gasteiger partial charge in [0.1, 0.15) is 73.2 Å². The van der Waals surface area contributed by atoms with Gasteiger partial charge in [-0.3, -0.25) is 4.79 Å². The van der Waals surface area contributed by atoms with Gasteiger partial charge >= 0.3 is 0 Å². The van der Waals surface area contributed by atoms with Crippen LogP contribution in [-0.4, -0.2) is 193 Å². The fourth-order valence-electron chi connectivity index (χ4n) is 11.7. The smallest absolute Gasteiger partial charge is 0.220 e. The molecule has 0 saturated carbocycles. The van der Waals surface area contributed by atoms with Crippen LogP contribution in [0.4, 0.5) is 0 Å². The van der Waals surface area contributed by atoms with E-state index in [1.54, 1.807) is 6.08 Å². The van der Waals surface area contributed by atoms with Gasteiger partial charge in [-0.1, -0.05) is 246 Å². The number of aliphatic hydroxyl groups excluding tert-OH is 11. The lowest BCUT2D eigenvalue weighted by molar-refractivity contribution is -0.379. The summed E-state index contributed by atoms with van der Waals surface area (Å²) in [4.78, 5) is 13.4. The number of carbonyl (C=O) groups is 1. The second kappa shape index (κ2) is 55.6. The summed E-state index contributed by atoms with van der Waals surface area (Å²) in [5.41, 5.74) is 0. The third-order valence-corrected chi connectivity index (χ3v) is 17.6. The molecule has 542 valence electrons. The van der Waals surface area contributed by atoms with Crippen molar-refractivity contribution in [1.29, 1.82) is 0 Å². The Labute approximate surface area is 564 Å². The average Bonchev–Trinajstić information content (AvgIpc) is 0.787. The maximum absolute atomic E-state index is 13.4. The highest BCUT2D eigenvalue weighted by atomic mass is 16.8. The van der Waals surface area contributed by atoms with Crippen molar-refractivity contribution in [3.8, 4) is 0 Å². The molecule has 0 aromatic rings. The van der Waals surface area contributed by atoms with Crippen molar-refractivity contribution in [3.63, 3.8) is 0 Å². The normalized spacial score (nSPS) is 27.9. The molecule has 17 unspecified atom stereocenters. The van der Waals surface area contributed by atoms with Crippen LogP contribution in [0.3, 0.4) is 0 Å². The SMILES string of the molecule is CC/C=C\C/C=C\C/C=C\C/C=C\C/C=C\C/C=C\CCCCCCCCCCC(=O)NC(COC1OC(CO)C(OC2OC(CO)C(OC3OC(CO)C(O)C(O)C3O)C(O)C2O)C(O)C1O)C(O)/C=C/CC/C=C/CCCCCCCCCCCCCCCCCC. The van der Waals surface area contributed by atoms with Crippen molar-refractivity contribution in [2.45, 2.75) is 343 Å². The largest absolute Gasteiger partial charge is 0.394 e. The summed E-state index contributed by atoms with van der Waals surface area (Å²) >= 11 is 0. The van der Waals surface area contributed by atoms with Crippen molar-refractivity contribution in [3.05, 3.63) is 97.2 Å². The lowest BCUT2D eigenvalue weighted by Gasteiger charge is -2.48. The van der Waals surface area contributed by atoms with Crippen molar-refractivity contribution >= 4 is 5.91 Å². The van der Waals surface area contributed by atoms with Crippen LogP contribution in [-0.2, 0) is 33.2 Å².